The first-order chi connectivity index (χ1) is 8.15. The molecule has 0 amide bonds. The third kappa shape index (κ3) is 4.15. The molecule has 4 heteroatoms. The van der Waals surface area contributed by atoms with Crippen LogP contribution in [0.5, 0.6) is 0 Å². The van der Waals surface area contributed by atoms with Crippen molar-refractivity contribution in [1.82, 2.24) is 0 Å². The maximum absolute atomic E-state index is 12.9. The lowest BCUT2D eigenvalue weighted by atomic mass is 10.1. The van der Waals surface area contributed by atoms with Crippen LogP contribution in [0.1, 0.15) is 29.6 Å². The van der Waals surface area contributed by atoms with Crippen LogP contribution in [-0.4, -0.2) is 17.6 Å². The standard InChI is InChI=1S/C13H14FNO2/c1-2-3-4-5-8-15-12-7-6-10(14)9-11(12)13(16)17/h1,6-7,9,15H,3-5,8H2,(H,16,17). The molecule has 17 heavy (non-hydrogen) atoms. The van der Waals surface area contributed by atoms with Gasteiger partial charge in [-0.1, -0.05) is 0 Å². The van der Waals surface area contributed by atoms with E-state index < -0.39 is 11.8 Å². The van der Waals surface area contributed by atoms with Crippen LogP contribution >= 0.6 is 0 Å². The Kier molecular flexibility index (Phi) is 5.02. The summed E-state index contributed by atoms with van der Waals surface area (Å²) >= 11 is 0. The Labute approximate surface area is 99.7 Å². The molecule has 3 nitrogen and oxygen atoms in total. The summed E-state index contributed by atoms with van der Waals surface area (Å²) < 4.78 is 12.9. The summed E-state index contributed by atoms with van der Waals surface area (Å²) in [6.07, 6.45) is 7.55. The van der Waals surface area contributed by atoms with Crippen molar-refractivity contribution >= 4 is 11.7 Å². The number of hydrogen-bond donors (Lipinski definition) is 2. The Balaban J connectivity index is 2.59. The maximum atomic E-state index is 12.9. The average Bonchev–Trinajstić information content (AvgIpc) is 2.30. The highest BCUT2D eigenvalue weighted by Crippen LogP contribution is 2.17. The molecule has 0 aliphatic heterocycles. The molecule has 0 aliphatic rings. The summed E-state index contributed by atoms with van der Waals surface area (Å²) in [5.41, 5.74) is 0.376. The van der Waals surface area contributed by atoms with Gasteiger partial charge in [0.15, 0.2) is 0 Å². The normalized spacial score (nSPS) is 9.65. The van der Waals surface area contributed by atoms with Crippen molar-refractivity contribution in [2.45, 2.75) is 19.3 Å². The van der Waals surface area contributed by atoms with Gasteiger partial charge >= 0.3 is 5.97 Å². The molecule has 2 N–H and O–H groups in total. The number of carboxylic acid groups (broad SMARTS) is 1. The number of aromatic carboxylic acids is 1. The van der Waals surface area contributed by atoms with Crippen LogP contribution < -0.4 is 5.32 Å². The van der Waals surface area contributed by atoms with Gasteiger partial charge in [0.25, 0.3) is 0 Å². The predicted octanol–water partition coefficient (Wildman–Crippen LogP) is 2.74. The summed E-state index contributed by atoms with van der Waals surface area (Å²) in [5.74, 6) is 0.834. The minimum atomic E-state index is -1.14. The van der Waals surface area contributed by atoms with Crippen LogP contribution in [-0.2, 0) is 0 Å². The molecule has 0 atom stereocenters. The van der Waals surface area contributed by atoms with Crippen molar-refractivity contribution < 1.29 is 14.3 Å². The highest BCUT2D eigenvalue weighted by Gasteiger charge is 2.10. The largest absolute Gasteiger partial charge is 0.478 e. The third-order valence-electron chi connectivity index (χ3n) is 2.28. The monoisotopic (exact) mass is 235 g/mol. The summed E-state index contributed by atoms with van der Waals surface area (Å²) in [6, 6.07) is 3.67. The fraction of sp³-hybridized carbons (Fsp3) is 0.308. The minimum absolute atomic E-state index is 0.0538. The zero-order chi connectivity index (χ0) is 12.7. The summed E-state index contributed by atoms with van der Waals surface area (Å²) in [4.78, 5) is 10.9. The van der Waals surface area contributed by atoms with E-state index in [0.29, 0.717) is 18.7 Å². The van der Waals surface area contributed by atoms with Crippen LogP contribution in [0.15, 0.2) is 18.2 Å². The number of nitrogens with one attached hydrogen (secondary N) is 1. The van der Waals surface area contributed by atoms with Gasteiger partial charge in [-0.05, 0) is 31.0 Å². The molecular weight excluding hydrogens is 221 g/mol. The van der Waals surface area contributed by atoms with E-state index in [4.69, 9.17) is 11.5 Å². The Hall–Kier alpha value is -2.02. The van der Waals surface area contributed by atoms with Crippen LogP contribution in [0.2, 0.25) is 0 Å². The highest BCUT2D eigenvalue weighted by atomic mass is 19.1. The van der Waals surface area contributed by atoms with E-state index in [9.17, 15) is 9.18 Å². The molecule has 0 aromatic heterocycles. The number of hydrogen-bond acceptors (Lipinski definition) is 2. The Morgan fingerprint density at radius 3 is 2.88 bits per heavy atom. The lowest BCUT2D eigenvalue weighted by molar-refractivity contribution is 0.0697. The number of carboxylic acids is 1. The Morgan fingerprint density at radius 2 is 2.24 bits per heavy atom. The topological polar surface area (TPSA) is 49.3 Å². The zero-order valence-corrected chi connectivity index (χ0v) is 9.37. The molecule has 0 saturated carbocycles. The lowest BCUT2D eigenvalue weighted by Crippen LogP contribution is -2.08. The molecule has 0 saturated heterocycles. The van der Waals surface area contributed by atoms with Gasteiger partial charge in [0.1, 0.15) is 5.82 Å². The Bertz CT molecular complexity index is 438. The first kappa shape index (κ1) is 13.0. The van der Waals surface area contributed by atoms with Crippen LogP contribution in [0.3, 0.4) is 0 Å². The van der Waals surface area contributed by atoms with E-state index in [1.54, 1.807) is 0 Å². The Morgan fingerprint density at radius 1 is 1.47 bits per heavy atom. The molecule has 0 unspecified atom stereocenters. The first-order valence-corrected chi connectivity index (χ1v) is 5.35. The lowest BCUT2D eigenvalue weighted by Gasteiger charge is -2.09. The number of terminal acetylenes is 1. The number of benzene rings is 1. The summed E-state index contributed by atoms with van der Waals surface area (Å²) in [6.45, 7) is 0.619. The van der Waals surface area contributed by atoms with Gasteiger partial charge in [-0.2, -0.15) is 0 Å². The van der Waals surface area contributed by atoms with Gasteiger partial charge in [-0.3, -0.25) is 0 Å². The van der Waals surface area contributed by atoms with Crippen molar-refractivity contribution in [2.24, 2.45) is 0 Å². The molecule has 0 aliphatic carbocycles. The van der Waals surface area contributed by atoms with E-state index >= 15 is 0 Å². The van der Waals surface area contributed by atoms with Crippen molar-refractivity contribution in [3.8, 4) is 12.3 Å². The fourth-order valence-electron chi connectivity index (χ4n) is 1.42. The number of anilines is 1. The molecular formula is C13H14FNO2. The molecule has 1 rings (SSSR count). The van der Waals surface area contributed by atoms with Crippen LogP contribution in [0, 0.1) is 18.2 Å². The van der Waals surface area contributed by atoms with E-state index in [2.05, 4.69) is 11.2 Å². The molecule has 1 aromatic rings. The molecule has 0 spiro atoms. The number of halogens is 1. The van der Waals surface area contributed by atoms with E-state index in [0.717, 1.165) is 18.9 Å². The number of rotatable bonds is 6. The fourth-order valence-corrected chi connectivity index (χ4v) is 1.42. The van der Waals surface area contributed by atoms with Crippen LogP contribution in [0.4, 0.5) is 10.1 Å². The van der Waals surface area contributed by atoms with Gasteiger partial charge < -0.3 is 10.4 Å². The van der Waals surface area contributed by atoms with Crippen molar-refractivity contribution in [3.05, 3.63) is 29.6 Å². The van der Waals surface area contributed by atoms with E-state index in [1.807, 2.05) is 0 Å². The van der Waals surface area contributed by atoms with Gasteiger partial charge in [-0.15, -0.1) is 12.3 Å². The third-order valence-corrected chi connectivity index (χ3v) is 2.28. The average molecular weight is 235 g/mol. The van der Waals surface area contributed by atoms with Crippen molar-refractivity contribution in [3.63, 3.8) is 0 Å². The smallest absolute Gasteiger partial charge is 0.337 e. The molecule has 1 aromatic carbocycles. The maximum Gasteiger partial charge on any atom is 0.337 e. The van der Waals surface area contributed by atoms with E-state index in [1.165, 1.54) is 12.1 Å². The minimum Gasteiger partial charge on any atom is -0.478 e. The second-order valence-electron chi connectivity index (χ2n) is 3.58. The van der Waals surface area contributed by atoms with Gasteiger partial charge in [0.2, 0.25) is 0 Å². The predicted molar refractivity (Wildman–Crippen MR) is 64.5 cm³/mol. The van der Waals surface area contributed by atoms with Gasteiger partial charge in [-0.25, -0.2) is 9.18 Å². The second-order valence-corrected chi connectivity index (χ2v) is 3.58. The number of carbonyl (C=O) groups is 1. The molecule has 0 bridgehead atoms. The van der Waals surface area contributed by atoms with Crippen molar-refractivity contribution in [1.29, 1.82) is 0 Å². The summed E-state index contributed by atoms with van der Waals surface area (Å²) in [5, 5.41) is 11.9. The van der Waals surface area contributed by atoms with Gasteiger partial charge in [0.05, 0.1) is 5.56 Å². The van der Waals surface area contributed by atoms with Gasteiger partial charge in [0, 0.05) is 18.7 Å². The first-order valence-electron chi connectivity index (χ1n) is 5.35. The molecule has 0 fully saturated rings. The van der Waals surface area contributed by atoms with Crippen molar-refractivity contribution in [2.75, 3.05) is 11.9 Å². The van der Waals surface area contributed by atoms with E-state index in [-0.39, 0.29) is 5.56 Å². The molecule has 0 heterocycles. The number of unbranched alkanes of at least 4 members (excludes halogenated alkanes) is 2. The molecule has 0 radical (unpaired) electrons. The SMILES string of the molecule is C#CCCCCNc1ccc(F)cc1C(=O)O. The zero-order valence-electron chi connectivity index (χ0n) is 9.37. The highest BCUT2D eigenvalue weighted by molar-refractivity contribution is 5.94. The second kappa shape index (κ2) is 6.54. The van der Waals surface area contributed by atoms with Crippen LogP contribution in [0.25, 0.3) is 0 Å². The summed E-state index contributed by atoms with van der Waals surface area (Å²) in [7, 11) is 0. The quantitative estimate of drug-likeness (QED) is 0.588. The molecule has 90 valence electrons.